The first-order valence-electron chi connectivity index (χ1n) is 6.75. The van der Waals surface area contributed by atoms with Gasteiger partial charge >= 0.3 is 6.18 Å². The molecule has 0 radical (unpaired) electrons. The predicted molar refractivity (Wildman–Crippen MR) is 90.8 cm³/mol. The van der Waals surface area contributed by atoms with Gasteiger partial charge in [-0.3, -0.25) is 4.79 Å². The number of nitrogens with zero attached hydrogens (tertiary/aromatic N) is 1. The highest BCUT2D eigenvalue weighted by molar-refractivity contribution is 6.68. The Morgan fingerprint density at radius 1 is 1.08 bits per heavy atom. The number of benzene rings is 2. The van der Waals surface area contributed by atoms with E-state index in [1.54, 1.807) is 37.4 Å². The summed E-state index contributed by atoms with van der Waals surface area (Å²) in [7, 11) is 1.61. The summed E-state index contributed by atoms with van der Waals surface area (Å²) < 4.78 is 40.6. The lowest BCUT2D eigenvalue weighted by Gasteiger charge is -2.07. The number of carbonyl (C=O) groups is 1. The Morgan fingerprint density at radius 2 is 1.71 bits per heavy atom. The van der Waals surface area contributed by atoms with E-state index in [1.807, 2.05) is 0 Å². The van der Waals surface area contributed by atoms with Crippen LogP contribution in [0.4, 0.5) is 13.2 Å². The molecule has 0 saturated heterocycles. The number of aryl methyl sites for hydroxylation is 1. The van der Waals surface area contributed by atoms with Crippen LogP contribution in [0.2, 0.25) is 0 Å². The van der Waals surface area contributed by atoms with E-state index in [2.05, 4.69) is 0 Å². The maximum absolute atomic E-state index is 13.0. The number of aromatic nitrogens is 1. The topological polar surface area (TPSA) is 22.0 Å². The summed E-state index contributed by atoms with van der Waals surface area (Å²) >= 11 is 5.68. The number of fused-ring (bicyclic) bond motifs is 1. The first-order valence-corrected chi connectivity index (χ1v) is 7.13. The molecule has 0 atom stereocenters. The van der Waals surface area contributed by atoms with Gasteiger partial charge in [0.1, 0.15) is 5.69 Å². The van der Waals surface area contributed by atoms with E-state index in [-0.39, 0.29) is 18.1 Å². The van der Waals surface area contributed by atoms with Crippen molar-refractivity contribution in [1.82, 2.24) is 4.57 Å². The van der Waals surface area contributed by atoms with Gasteiger partial charge < -0.3 is 4.57 Å². The fourth-order valence-corrected chi connectivity index (χ4v) is 2.97. The van der Waals surface area contributed by atoms with Gasteiger partial charge in [-0.2, -0.15) is 13.2 Å². The van der Waals surface area contributed by atoms with Crippen LogP contribution in [0.5, 0.6) is 0 Å². The monoisotopic (exact) mass is 373 g/mol. The van der Waals surface area contributed by atoms with Crippen molar-refractivity contribution < 1.29 is 18.0 Å². The Bertz CT molecular complexity index is 902. The van der Waals surface area contributed by atoms with Crippen molar-refractivity contribution in [2.75, 3.05) is 0 Å². The van der Waals surface area contributed by atoms with Gasteiger partial charge in [0.05, 0.1) is 5.56 Å². The molecular formula is C17H12Cl2F3NO. The quantitative estimate of drug-likeness (QED) is 0.530. The second-order valence-electron chi connectivity index (χ2n) is 5.15. The number of alkyl halides is 3. The van der Waals surface area contributed by atoms with Crippen molar-refractivity contribution in [1.29, 1.82) is 0 Å². The Hall–Kier alpha value is -1.98. The summed E-state index contributed by atoms with van der Waals surface area (Å²) in [6.07, 6.45) is -4.46. The SMILES string of the molecule is Cl.Cn1c(C(=O)Cl)c(-c2ccccc2)c2cc(C(F)(F)F)ccc21. The molecule has 0 saturated carbocycles. The van der Waals surface area contributed by atoms with Crippen molar-refractivity contribution in [2.45, 2.75) is 6.18 Å². The number of hydrogen-bond acceptors (Lipinski definition) is 1. The first kappa shape index (κ1) is 18.4. The molecule has 0 unspecified atom stereocenters. The number of carbonyl (C=O) groups excluding carboxylic acids is 1. The van der Waals surface area contributed by atoms with Gasteiger partial charge in [-0.05, 0) is 35.4 Å². The van der Waals surface area contributed by atoms with Gasteiger partial charge in [0.25, 0.3) is 5.24 Å². The van der Waals surface area contributed by atoms with Crippen LogP contribution in [0, 0.1) is 0 Å². The third-order valence-electron chi connectivity index (χ3n) is 3.78. The van der Waals surface area contributed by atoms with Crippen molar-refractivity contribution in [3.63, 3.8) is 0 Å². The highest BCUT2D eigenvalue weighted by atomic mass is 35.5. The smallest absolute Gasteiger partial charge is 0.340 e. The number of hydrogen-bond donors (Lipinski definition) is 0. The molecule has 0 bridgehead atoms. The molecular weight excluding hydrogens is 362 g/mol. The average molecular weight is 374 g/mol. The third kappa shape index (κ3) is 3.01. The van der Waals surface area contributed by atoms with E-state index in [0.717, 1.165) is 12.1 Å². The molecule has 0 amide bonds. The fourth-order valence-electron chi connectivity index (χ4n) is 2.75. The van der Waals surface area contributed by atoms with Crippen LogP contribution in [-0.4, -0.2) is 9.81 Å². The van der Waals surface area contributed by atoms with Crippen LogP contribution in [0.25, 0.3) is 22.0 Å². The fraction of sp³-hybridized carbons (Fsp3) is 0.118. The molecule has 126 valence electrons. The lowest BCUT2D eigenvalue weighted by atomic mass is 10.0. The largest absolute Gasteiger partial charge is 0.416 e. The van der Waals surface area contributed by atoms with E-state index in [4.69, 9.17) is 11.6 Å². The van der Waals surface area contributed by atoms with Crippen LogP contribution in [0.15, 0.2) is 48.5 Å². The molecule has 0 spiro atoms. The molecule has 0 aliphatic carbocycles. The zero-order valence-electron chi connectivity index (χ0n) is 12.4. The maximum atomic E-state index is 13.0. The molecule has 3 aromatic rings. The highest BCUT2D eigenvalue weighted by Gasteiger charge is 2.32. The minimum Gasteiger partial charge on any atom is -0.340 e. The van der Waals surface area contributed by atoms with E-state index in [9.17, 15) is 18.0 Å². The van der Waals surface area contributed by atoms with Crippen molar-refractivity contribution >= 4 is 40.2 Å². The first-order chi connectivity index (χ1) is 10.8. The van der Waals surface area contributed by atoms with Gasteiger partial charge in [0.2, 0.25) is 0 Å². The van der Waals surface area contributed by atoms with Crippen LogP contribution in [0.3, 0.4) is 0 Å². The Kier molecular flexibility index (Phi) is 4.97. The second-order valence-corrected chi connectivity index (χ2v) is 5.50. The van der Waals surface area contributed by atoms with Gasteiger partial charge in [-0.1, -0.05) is 30.3 Å². The molecule has 1 aromatic heterocycles. The molecule has 0 N–H and O–H groups in total. The number of rotatable bonds is 2. The van der Waals surface area contributed by atoms with E-state index in [0.29, 0.717) is 22.0 Å². The lowest BCUT2D eigenvalue weighted by Crippen LogP contribution is -2.04. The van der Waals surface area contributed by atoms with Crippen LogP contribution in [-0.2, 0) is 13.2 Å². The van der Waals surface area contributed by atoms with Crippen LogP contribution >= 0.6 is 24.0 Å². The Labute approximate surface area is 147 Å². The summed E-state index contributed by atoms with van der Waals surface area (Å²) in [5, 5.41) is -0.367. The third-order valence-corrected chi connectivity index (χ3v) is 3.95. The summed E-state index contributed by atoms with van der Waals surface area (Å²) in [4.78, 5) is 11.8. The van der Waals surface area contributed by atoms with Gasteiger partial charge in [-0.15, -0.1) is 12.4 Å². The van der Waals surface area contributed by atoms with Gasteiger partial charge in [0, 0.05) is 23.5 Å². The van der Waals surface area contributed by atoms with Crippen molar-refractivity contribution in [2.24, 2.45) is 7.05 Å². The highest BCUT2D eigenvalue weighted by Crippen LogP contribution is 2.38. The molecule has 0 aliphatic heterocycles. The molecule has 2 nitrogen and oxygen atoms in total. The van der Waals surface area contributed by atoms with Gasteiger partial charge in [0.15, 0.2) is 0 Å². The van der Waals surface area contributed by atoms with E-state index < -0.39 is 17.0 Å². The predicted octanol–water partition coefficient (Wildman–Crippen LogP) is 5.66. The molecule has 24 heavy (non-hydrogen) atoms. The molecule has 2 aromatic carbocycles. The summed E-state index contributed by atoms with van der Waals surface area (Å²) in [6.45, 7) is 0. The zero-order chi connectivity index (χ0) is 16.8. The molecule has 0 aliphatic rings. The zero-order valence-corrected chi connectivity index (χ0v) is 14.0. The average Bonchev–Trinajstić information content (AvgIpc) is 2.80. The van der Waals surface area contributed by atoms with E-state index >= 15 is 0 Å². The lowest BCUT2D eigenvalue weighted by molar-refractivity contribution is -0.137. The minimum absolute atomic E-state index is 0. The van der Waals surface area contributed by atoms with Crippen molar-refractivity contribution in [3.05, 3.63) is 59.8 Å². The second kappa shape index (κ2) is 6.49. The molecule has 7 heteroatoms. The van der Waals surface area contributed by atoms with Crippen molar-refractivity contribution in [3.8, 4) is 11.1 Å². The molecule has 1 heterocycles. The van der Waals surface area contributed by atoms with Gasteiger partial charge in [-0.25, -0.2) is 0 Å². The molecule has 0 fully saturated rings. The molecule has 3 rings (SSSR count). The summed E-state index contributed by atoms with van der Waals surface area (Å²) in [5.41, 5.74) is 0.977. The standard InChI is InChI=1S/C17H11ClF3NO.ClH/c1-22-13-8-7-11(17(19,20)21)9-12(13)14(15(22)16(18)23)10-5-3-2-4-6-10;/h2-9H,1H3;1H. The number of halogens is 5. The van der Waals surface area contributed by atoms with Crippen LogP contribution in [0.1, 0.15) is 16.1 Å². The maximum Gasteiger partial charge on any atom is 0.416 e. The Morgan fingerprint density at radius 3 is 2.25 bits per heavy atom. The summed E-state index contributed by atoms with van der Waals surface area (Å²) in [5.74, 6) is 0. The normalized spacial score (nSPS) is 11.4. The summed E-state index contributed by atoms with van der Waals surface area (Å²) in [6, 6.07) is 12.2. The Balaban J connectivity index is 0.00000208. The van der Waals surface area contributed by atoms with E-state index in [1.165, 1.54) is 10.6 Å². The van der Waals surface area contributed by atoms with Crippen LogP contribution < -0.4 is 0 Å². The minimum atomic E-state index is -4.46.